The molecular formula is C21H19N3O4S2. The maximum atomic E-state index is 12.7. The Morgan fingerprint density at radius 2 is 2.10 bits per heavy atom. The monoisotopic (exact) mass is 441 g/mol. The number of nitrogens with one attached hydrogen (secondary N) is 2. The van der Waals surface area contributed by atoms with Crippen molar-refractivity contribution >= 4 is 50.3 Å². The van der Waals surface area contributed by atoms with Crippen molar-refractivity contribution in [2.24, 2.45) is 0 Å². The summed E-state index contributed by atoms with van der Waals surface area (Å²) >= 11 is 2.87. The number of benzene rings is 1. The number of H-pyrrole nitrogens is 1. The van der Waals surface area contributed by atoms with Crippen molar-refractivity contribution in [1.29, 1.82) is 0 Å². The largest absolute Gasteiger partial charge is 0.491 e. The van der Waals surface area contributed by atoms with Crippen LogP contribution in [0, 0.1) is 0 Å². The highest BCUT2D eigenvalue weighted by molar-refractivity contribution is 7.21. The first-order valence-electron chi connectivity index (χ1n) is 9.29. The second-order valence-corrected chi connectivity index (χ2v) is 8.41. The number of anilines is 1. The lowest BCUT2D eigenvalue weighted by atomic mass is 10.2. The fourth-order valence-corrected chi connectivity index (χ4v) is 4.66. The van der Waals surface area contributed by atoms with Crippen LogP contribution < -0.4 is 10.1 Å². The van der Waals surface area contributed by atoms with Gasteiger partial charge in [-0.05, 0) is 42.1 Å². The van der Waals surface area contributed by atoms with Crippen LogP contribution in [0.1, 0.15) is 33.5 Å². The van der Waals surface area contributed by atoms with Gasteiger partial charge in [0, 0.05) is 15.8 Å². The fourth-order valence-electron chi connectivity index (χ4n) is 2.92. The molecule has 30 heavy (non-hydrogen) atoms. The van der Waals surface area contributed by atoms with Crippen molar-refractivity contribution in [3.05, 3.63) is 52.3 Å². The molecule has 3 heterocycles. The Morgan fingerprint density at radius 3 is 2.83 bits per heavy atom. The highest BCUT2D eigenvalue weighted by Gasteiger charge is 2.21. The highest BCUT2D eigenvalue weighted by Crippen LogP contribution is 2.40. The fraction of sp³-hybridized carbons (Fsp3) is 0.190. The van der Waals surface area contributed by atoms with E-state index in [1.165, 1.54) is 18.4 Å². The summed E-state index contributed by atoms with van der Waals surface area (Å²) in [7, 11) is 1.34. The van der Waals surface area contributed by atoms with Gasteiger partial charge in [0.2, 0.25) is 0 Å². The van der Waals surface area contributed by atoms with Crippen LogP contribution in [-0.4, -0.2) is 35.8 Å². The summed E-state index contributed by atoms with van der Waals surface area (Å²) in [6.07, 6.45) is 0.806. The van der Waals surface area contributed by atoms with Crippen molar-refractivity contribution in [3.63, 3.8) is 0 Å². The van der Waals surface area contributed by atoms with Gasteiger partial charge in [0.15, 0.2) is 16.3 Å². The van der Waals surface area contributed by atoms with Crippen molar-refractivity contribution in [1.82, 2.24) is 10.2 Å². The molecule has 0 spiro atoms. The summed E-state index contributed by atoms with van der Waals surface area (Å²) in [5.41, 5.74) is 1.67. The number of hydrogen-bond donors (Lipinski definition) is 2. The summed E-state index contributed by atoms with van der Waals surface area (Å²) in [6.45, 7) is 2.47. The molecule has 0 aliphatic rings. The van der Waals surface area contributed by atoms with Crippen LogP contribution >= 0.6 is 22.7 Å². The molecule has 0 radical (unpaired) electrons. The molecule has 0 aliphatic heterocycles. The molecule has 0 atom stereocenters. The lowest BCUT2D eigenvalue weighted by molar-refractivity contribution is 0.0602. The number of aromatic amines is 1. The lowest BCUT2D eigenvalue weighted by Gasteiger charge is -2.07. The Bertz CT molecular complexity index is 1190. The Morgan fingerprint density at radius 1 is 1.23 bits per heavy atom. The minimum Gasteiger partial charge on any atom is -0.491 e. The molecule has 4 aromatic rings. The van der Waals surface area contributed by atoms with Gasteiger partial charge in [-0.25, -0.2) is 4.79 Å². The molecule has 2 N–H and O–H groups in total. The number of fused-ring (bicyclic) bond motifs is 1. The van der Waals surface area contributed by atoms with Crippen LogP contribution in [0.15, 0.2) is 41.8 Å². The molecule has 1 aromatic carbocycles. The number of carbonyl (C=O) groups excluding carboxylic acids is 2. The van der Waals surface area contributed by atoms with Crippen molar-refractivity contribution < 1.29 is 19.1 Å². The Labute approximate surface area is 180 Å². The van der Waals surface area contributed by atoms with Crippen molar-refractivity contribution in [3.8, 4) is 16.3 Å². The number of thiophene rings is 2. The van der Waals surface area contributed by atoms with E-state index in [0.717, 1.165) is 27.1 Å². The third-order valence-electron chi connectivity index (χ3n) is 4.32. The van der Waals surface area contributed by atoms with Gasteiger partial charge in [0.05, 0.1) is 24.3 Å². The van der Waals surface area contributed by atoms with Gasteiger partial charge in [-0.15, -0.1) is 22.7 Å². The summed E-state index contributed by atoms with van der Waals surface area (Å²) in [5, 5.41) is 12.6. The molecule has 0 aliphatic carbocycles. The number of ether oxygens (including phenoxy) is 2. The van der Waals surface area contributed by atoms with E-state index in [1.807, 2.05) is 30.5 Å². The molecule has 7 nitrogen and oxygen atoms in total. The minimum absolute atomic E-state index is 0.293. The number of amides is 1. The number of hydrogen-bond acceptors (Lipinski definition) is 7. The van der Waals surface area contributed by atoms with Crippen LogP contribution in [0.5, 0.6) is 5.75 Å². The molecule has 3 aromatic heterocycles. The van der Waals surface area contributed by atoms with Crippen molar-refractivity contribution in [2.75, 3.05) is 19.0 Å². The second kappa shape index (κ2) is 8.68. The van der Waals surface area contributed by atoms with Gasteiger partial charge in [-0.2, -0.15) is 5.10 Å². The van der Waals surface area contributed by atoms with E-state index in [1.54, 1.807) is 29.5 Å². The van der Waals surface area contributed by atoms with Crippen LogP contribution in [0.4, 0.5) is 5.69 Å². The van der Waals surface area contributed by atoms with E-state index in [-0.39, 0.29) is 5.91 Å². The number of nitrogens with zero attached hydrogens (tertiary/aromatic N) is 1. The zero-order chi connectivity index (χ0) is 21.1. The van der Waals surface area contributed by atoms with Gasteiger partial charge in [0.1, 0.15) is 0 Å². The molecule has 0 saturated heterocycles. The molecular weight excluding hydrogens is 422 g/mol. The predicted octanol–water partition coefficient (Wildman–Crippen LogP) is 5.18. The third kappa shape index (κ3) is 3.94. The summed E-state index contributed by atoms with van der Waals surface area (Å²) in [5.74, 6) is -0.280. The van der Waals surface area contributed by atoms with E-state index in [4.69, 9.17) is 9.47 Å². The first-order chi connectivity index (χ1) is 14.6. The number of methoxy groups -OCH3 is 1. The van der Waals surface area contributed by atoms with Gasteiger partial charge in [0.25, 0.3) is 5.91 Å². The standard InChI is InChI=1S/C21H19N3O4S2/c1-3-8-28-18-13-10-12(6-7-16(13)30-19(18)21(26)27-2)22-20(25)15-11-14(23-24-15)17-5-4-9-29-17/h4-7,9-11H,3,8H2,1-2H3,(H,22,25)(H,23,24). The Hall–Kier alpha value is -3.17. The predicted molar refractivity (Wildman–Crippen MR) is 119 cm³/mol. The van der Waals surface area contributed by atoms with E-state index >= 15 is 0 Å². The van der Waals surface area contributed by atoms with Gasteiger partial charge in [-0.1, -0.05) is 13.0 Å². The first-order valence-corrected chi connectivity index (χ1v) is 11.0. The summed E-state index contributed by atoms with van der Waals surface area (Å²) < 4.78 is 11.6. The Balaban J connectivity index is 1.61. The van der Waals surface area contributed by atoms with Crippen LogP contribution in [0.25, 0.3) is 20.7 Å². The number of aromatic nitrogens is 2. The molecule has 1 amide bonds. The zero-order valence-electron chi connectivity index (χ0n) is 16.4. The summed E-state index contributed by atoms with van der Waals surface area (Å²) in [4.78, 5) is 26.2. The van der Waals surface area contributed by atoms with E-state index in [2.05, 4.69) is 15.5 Å². The van der Waals surface area contributed by atoms with E-state index in [9.17, 15) is 9.59 Å². The molecule has 4 rings (SSSR count). The average molecular weight is 442 g/mol. The van der Waals surface area contributed by atoms with E-state index < -0.39 is 5.97 Å². The SMILES string of the molecule is CCCOc1c(C(=O)OC)sc2ccc(NC(=O)c3cc(-c4cccs4)[nH]n3)cc12. The average Bonchev–Trinajstić information content (AvgIpc) is 3.50. The molecule has 0 saturated carbocycles. The normalized spacial score (nSPS) is 10.9. The van der Waals surface area contributed by atoms with Gasteiger partial charge in [-0.3, -0.25) is 9.89 Å². The van der Waals surface area contributed by atoms with Crippen LogP contribution in [0.3, 0.4) is 0 Å². The number of rotatable bonds is 7. The number of carbonyl (C=O) groups is 2. The topological polar surface area (TPSA) is 93.3 Å². The molecule has 0 unspecified atom stereocenters. The van der Waals surface area contributed by atoms with Gasteiger partial charge < -0.3 is 14.8 Å². The molecule has 0 fully saturated rings. The molecule has 0 bridgehead atoms. The Kier molecular flexibility index (Phi) is 5.82. The zero-order valence-corrected chi connectivity index (χ0v) is 18.0. The molecule has 154 valence electrons. The second-order valence-electron chi connectivity index (χ2n) is 6.41. The third-order valence-corrected chi connectivity index (χ3v) is 6.35. The number of esters is 1. The summed E-state index contributed by atoms with van der Waals surface area (Å²) in [6, 6.07) is 11.1. The minimum atomic E-state index is -0.439. The smallest absolute Gasteiger partial charge is 0.351 e. The lowest BCUT2D eigenvalue weighted by Crippen LogP contribution is -2.12. The molecule has 9 heteroatoms. The first kappa shape index (κ1) is 20.1. The quantitative estimate of drug-likeness (QED) is 0.386. The highest BCUT2D eigenvalue weighted by atomic mass is 32.1. The van der Waals surface area contributed by atoms with Crippen LogP contribution in [0.2, 0.25) is 0 Å². The maximum Gasteiger partial charge on any atom is 0.351 e. The van der Waals surface area contributed by atoms with Gasteiger partial charge >= 0.3 is 5.97 Å². The maximum absolute atomic E-state index is 12.7. The van der Waals surface area contributed by atoms with Crippen molar-refractivity contribution in [2.45, 2.75) is 13.3 Å². The van der Waals surface area contributed by atoms with E-state index in [0.29, 0.717) is 28.6 Å². The van der Waals surface area contributed by atoms with Crippen LogP contribution in [-0.2, 0) is 4.74 Å².